The third kappa shape index (κ3) is 3.45. The van der Waals surface area contributed by atoms with Crippen molar-refractivity contribution in [2.45, 2.75) is 12.8 Å². The molecule has 1 N–H and O–H groups in total. The van der Waals surface area contributed by atoms with Crippen LogP contribution < -0.4 is 4.74 Å². The quantitative estimate of drug-likeness (QED) is 0.851. The molecule has 0 aliphatic rings. The van der Waals surface area contributed by atoms with E-state index in [9.17, 15) is 0 Å². The van der Waals surface area contributed by atoms with Crippen molar-refractivity contribution >= 4 is 26.7 Å². The summed E-state index contributed by atoms with van der Waals surface area (Å²) in [6.45, 7) is 0.887. The van der Waals surface area contributed by atoms with Crippen LogP contribution in [0.25, 0.3) is 10.8 Å². The van der Waals surface area contributed by atoms with Crippen LogP contribution in [-0.2, 0) is 0 Å². The van der Waals surface area contributed by atoms with Gasteiger partial charge in [-0.3, -0.25) is 0 Å². The summed E-state index contributed by atoms with van der Waals surface area (Å²) < 4.78 is 6.71. The van der Waals surface area contributed by atoms with Crippen LogP contribution in [0, 0.1) is 0 Å². The highest BCUT2D eigenvalue weighted by atomic mass is 79.9. The molecule has 0 atom stereocenters. The van der Waals surface area contributed by atoms with Gasteiger partial charge in [-0.15, -0.1) is 0 Å². The Balaban J connectivity index is 2.07. The maximum atomic E-state index is 8.67. The molecule has 0 aliphatic carbocycles. The van der Waals surface area contributed by atoms with Gasteiger partial charge in [0.1, 0.15) is 5.75 Å². The van der Waals surface area contributed by atoms with Gasteiger partial charge in [-0.2, -0.15) is 0 Å². The SMILES string of the molecule is OCCCCOc1ccc2cc(Br)ccc2c1. The third-order valence-electron chi connectivity index (χ3n) is 2.59. The Morgan fingerprint density at radius 3 is 2.59 bits per heavy atom. The molecule has 0 bridgehead atoms. The first-order chi connectivity index (χ1) is 8.29. The number of ether oxygens (including phenoxy) is 1. The summed E-state index contributed by atoms with van der Waals surface area (Å²) in [7, 11) is 0. The van der Waals surface area contributed by atoms with Crippen LogP contribution in [-0.4, -0.2) is 18.3 Å². The van der Waals surface area contributed by atoms with Crippen molar-refractivity contribution in [3.05, 3.63) is 40.9 Å². The Labute approximate surface area is 109 Å². The molecule has 0 saturated heterocycles. The number of unbranched alkanes of at least 4 members (excludes halogenated alkanes) is 1. The van der Waals surface area contributed by atoms with Crippen LogP contribution >= 0.6 is 15.9 Å². The molecule has 2 nitrogen and oxygen atoms in total. The summed E-state index contributed by atoms with van der Waals surface area (Å²) in [5.74, 6) is 0.887. The van der Waals surface area contributed by atoms with E-state index in [0.29, 0.717) is 6.61 Å². The van der Waals surface area contributed by atoms with Crippen molar-refractivity contribution in [2.24, 2.45) is 0 Å². The molecule has 17 heavy (non-hydrogen) atoms. The average molecular weight is 295 g/mol. The number of hydrogen-bond acceptors (Lipinski definition) is 2. The zero-order valence-corrected chi connectivity index (χ0v) is 11.1. The summed E-state index contributed by atoms with van der Waals surface area (Å²) in [6.07, 6.45) is 1.68. The van der Waals surface area contributed by atoms with Crippen LogP contribution in [0.15, 0.2) is 40.9 Å². The van der Waals surface area contributed by atoms with Gasteiger partial charge in [-0.05, 0) is 47.9 Å². The fourth-order valence-corrected chi connectivity index (χ4v) is 2.07. The normalized spacial score (nSPS) is 10.7. The Kier molecular flexibility index (Phi) is 4.40. The zero-order valence-electron chi connectivity index (χ0n) is 9.53. The summed E-state index contributed by atoms with van der Waals surface area (Å²) in [5.41, 5.74) is 0. The van der Waals surface area contributed by atoms with E-state index in [0.717, 1.165) is 23.1 Å². The van der Waals surface area contributed by atoms with Crippen LogP contribution in [0.1, 0.15) is 12.8 Å². The van der Waals surface area contributed by atoms with Crippen LogP contribution in [0.4, 0.5) is 0 Å². The van der Waals surface area contributed by atoms with Crippen molar-refractivity contribution < 1.29 is 9.84 Å². The maximum absolute atomic E-state index is 8.67. The number of fused-ring (bicyclic) bond motifs is 1. The van der Waals surface area contributed by atoms with Gasteiger partial charge in [0.2, 0.25) is 0 Å². The largest absolute Gasteiger partial charge is 0.494 e. The lowest BCUT2D eigenvalue weighted by Crippen LogP contribution is -1.98. The smallest absolute Gasteiger partial charge is 0.119 e. The number of rotatable bonds is 5. The van der Waals surface area contributed by atoms with Gasteiger partial charge >= 0.3 is 0 Å². The van der Waals surface area contributed by atoms with Crippen LogP contribution in [0.2, 0.25) is 0 Å². The Morgan fingerprint density at radius 2 is 1.76 bits per heavy atom. The van der Waals surface area contributed by atoms with E-state index < -0.39 is 0 Å². The molecule has 2 aromatic rings. The second-order valence-corrected chi connectivity index (χ2v) is 4.85. The number of benzene rings is 2. The molecule has 0 spiro atoms. The molecule has 0 saturated carbocycles. The van der Waals surface area contributed by atoms with E-state index in [4.69, 9.17) is 9.84 Å². The number of aliphatic hydroxyl groups excluding tert-OH is 1. The van der Waals surface area contributed by atoms with Gasteiger partial charge in [0, 0.05) is 11.1 Å². The van der Waals surface area contributed by atoms with Gasteiger partial charge in [-0.1, -0.05) is 28.1 Å². The first-order valence-electron chi connectivity index (χ1n) is 5.72. The molecule has 0 aromatic heterocycles. The number of hydrogen-bond donors (Lipinski definition) is 1. The lowest BCUT2D eigenvalue weighted by molar-refractivity contribution is 0.253. The molecule has 0 radical (unpaired) electrons. The van der Waals surface area contributed by atoms with Gasteiger partial charge < -0.3 is 9.84 Å². The van der Waals surface area contributed by atoms with E-state index >= 15 is 0 Å². The molecular formula is C14H15BrO2. The Bertz CT molecular complexity index is 497. The van der Waals surface area contributed by atoms with E-state index in [1.165, 1.54) is 10.8 Å². The minimum atomic E-state index is 0.231. The van der Waals surface area contributed by atoms with E-state index in [1.807, 2.05) is 18.2 Å². The fourth-order valence-electron chi connectivity index (χ4n) is 1.69. The predicted octanol–water partition coefficient (Wildman–Crippen LogP) is 3.75. The maximum Gasteiger partial charge on any atom is 0.119 e. The lowest BCUT2D eigenvalue weighted by atomic mass is 10.1. The minimum Gasteiger partial charge on any atom is -0.494 e. The molecule has 0 heterocycles. The summed E-state index contributed by atoms with van der Waals surface area (Å²) in [4.78, 5) is 0. The van der Waals surface area contributed by atoms with Gasteiger partial charge in [0.15, 0.2) is 0 Å². The predicted molar refractivity (Wildman–Crippen MR) is 73.5 cm³/mol. The number of halogens is 1. The highest BCUT2D eigenvalue weighted by Gasteiger charge is 1.98. The van der Waals surface area contributed by atoms with Crippen LogP contribution in [0.3, 0.4) is 0 Å². The molecule has 0 unspecified atom stereocenters. The van der Waals surface area contributed by atoms with Gasteiger partial charge in [0.05, 0.1) is 6.61 Å². The summed E-state index contributed by atoms with van der Waals surface area (Å²) in [6, 6.07) is 12.3. The molecule has 3 heteroatoms. The lowest BCUT2D eigenvalue weighted by Gasteiger charge is -2.07. The third-order valence-corrected chi connectivity index (χ3v) is 3.09. The molecule has 0 aliphatic heterocycles. The first kappa shape index (κ1) is 12.4. The molecular weight excluding hydrogens is 280 g/mol. The number of aliphatic hydroxyl groups is 1. The van der Waals surface area contributed by atoms with Crippen molar-refractivity contribution in [3.63, 3.8) is 0 Å². The monoisotopic (exact) mass is 294 g/mol. The molecule has 0 fully saturated rings. The molecule has 2 rings (SSSR count). The van der Waals surface area contributed by atoms with Crippen molar-refractivity contribution in [2.75, 3.05) is 13.2 Å². The van der Waals surface area contributed by atoms with Crippen molar-refractivity contribution in [1.29, 1.82) is 0 Å². The second kappa shape index (κ2) is 6.03. The van der Waals surface area contributed by atoms with Gasteiger partial charge in [0.25, 0.3) is 0 Å². The topological polar surface area (TPSA) is 29.5 Å². The Hall–Kier alpha value is -1.06. The highest BCUT2D eigenvalue weighted by molar-refractivity contribution is 9.10. The second-order valence-electron chi connectivity index (χ2n) is 3.93. The highest BCUT2D eigenvalue weighted by Crippen LogP contribution is 2.24. The minimum absolute atomic E-state index is 0.231. The van der Waals surface area contributed by atoms with E-state index in [2.05, 4.69) is 34.1 Å². The van der Waals surface area contributed by atoms with Gasteiger partial charge in [-0.25, -0.2) is 0 Å². The fraction of sp³-hybridized carbons (Fsp3) is 0.286. The molecule has 2 aromatic carbocycles. The Morgan fingerprint density at radius 1 is 1.00 bits per heavy atom. The zero-order chi connectivity index (χ0) is 12.1. The van der Waals surface area contributed by atoms with E-state index in [-0.39, 0.29) is 6.61 Å². The molecule has 90 valence electrons. The standard InChI is InChI=1S/C14H15BrO2/c15-13-5-3-12-10-14(6-4-11(12)9-13)17-8-2-1-7-16/h3-6,9-10,16H,1-2,7-8H2. The van der Waals surface area contributed by atoms with Crippen LogP contribution in [0.5, 0.6) is 5.75 Å². The first-order valence-corrected chi connectivity index (χ1v) is 6.52. The van der Waals surface area contributed by atoms with E-state index in [1.54, 1.807) is 0 Å². The van der Waals surface area contributed by atoms with Crippen molar-refractivity contribution in [3.8, 4) is 5.75 Å². The average Bonchev–Trinajstić information content (AvgIpc) is 2.35. The van der Waals surface area contributed by atoms with Crippen molar-refractivity contribution in [1.82, 2.24) is 0 Å². The summed E-state index contributed by atoms with van der Waals surface area (Å²) in [5, 5.41) is 11.0. The summed E-state index contributed by atoms with van der Waals surface area (Å²) >= 11 is 3.46. The molecule has 0 amide bonds.